The molecule has 6 nitrogen and oxygen atoms in total. The average molecular weight is 219 g/mol. The molecule has 0 bridgehead atoms. The predicted molar refractivity (Wildman–Crippen MR) is 52.4 cm³/mol. The topological polar surface area (TPSA) is 95.9 Å². The zero-order valence-electron chi connectivity index (χ0n) is 9.11. The van der Waals surface area contributed by atoms with Gasteiger partial charge < -0.3 is 20.3 Å². The quantitative estimate of drug-likeness (QED) is 0.571. The molecular formula is C9H17NO5. The minimum Gasteiger partial charge on any atom is -0.480 e. The first-order valence-electron chi connectivity index (χ1n) is 4.53. The van der Waals surface area contributed by atoms with Gasteiger partial charge in [0.15, 0.2) is 0 Å². The van der Waals surface area contributed by atoms with Crippen molar-refractivity contribution in [3.63, 3.8) is 0 Å². The van der Waals surface area contributed by atoms with Gasteiger partial charge in [0, 0.05) is 0 Å². The van der Waals surface area contributed by atoms with Crippen LogP contribution in [0.2, 0.25) is 0 Å². The summed E-state index contributed by atoms with van der Waals surface area (Å²) in [6, 6.07) is -1.28. The van der Waals surface area contributed by atoms with Gasteiger partial charge in [-0.25, -0.2) is 4.79 Å². The Labute approximate surface area is 88.2 Å². The van der Waals surface area contributed by atoms with Crippen molar-refractivity contribution < 1.29 is 24.5 Å². The van der Waals surface area contributed by atoms with Crippen LogP contribution in [-0.4, -0.2) is 46.9 Å². The summed E-state index contributed by atoms with van der Waals surface area (Å²) in [5.74, 6) is -1.84. The third-order valence-electron chi connectivity index (χ3n) is 1.45. The molecular weight excluding hydrogens is 202 g/mol. The van der Waals surface area contributed by atoms with Crippen LogP contribution in [0.4, 0.5) is 0 Å². The van der Waals surface area contributed by atoms with Gasteiger partial charge >= 0.3 is 5.97 Å². The van der Waals surface area contributed by atoms with Gasteiger partial charge in [-0.05, 0) is 20.8 Å². The Kier molecular flexibility index (Phi) is 5.24. The number of ether oxygens (including phenoxy) is 1. The smallest absolute Gasteiger partial charge is 0.328 e. The van der Waals surface area contributed by atoms with Crippen molar-refractivity contribution in [3.05, 3.63) is 0 Å². The van der Waals surface area contributed by atoms with E-state index in [-0.39, 0.29) is 6.61 Å². The van der Waals surface area contributed by atoms with E-state index in [0.29, 0.717) is 0 Å². The van der Waals surface area contributed by atoms with E-state index >= 15 is 0 Å². The van der Waals surface area contributed by atoms with Crippen LogP contribution in [0.1, 0.15) is 20.8 Å². The Hall–Kier alpha value is -1.14. The van der Waals surface area contributed by atoms with Crippen LogP contribution in [0.3, 0.4) is 0 Å². The number of carbonyl (C=O) groups is 2. The maximum Gasteiger partial charge on any atom is 0.328 e. The third kappa shape index (κ3) is 6.87. The fraction of sp³-hybridized carbons (Fsp3) is 0.778. The van der Waals surface area contributed by atoms with Crippen molar-refractivity contribution in [1.29, 1.82) is 0 Å². The summed E-state index contributed by atoms with van der Waals surface area (Å²) in [5.41, 5.74) is -0.463. The monoisotopic (exact) mass is 219 g/mol. The van der Waals surface area contributed by atoms with Crippen molar-refractivity contribution in [2.45, 2.75) is 32.4 Å². The Morgan fingerprint density at radius 2 is 1.93 bits per heavy atom. The van der Waals surface area contributed by atoms with Crippen LogP contribution < -0.4 is 5.32 Å². The molecule has 0 aromatic carbocycles. The molecule has 0 saturated carbocycles. The van der Waals surface area contributed by atoms with E-state index in [9.17, 15) is 9.59 Å². The highest BCUT2D eigenvalue weighted by Crippen LogP contribution is 2.05. The Morgan fingerprint density at radius 1 is 1.40 bits per heavy atom. The Bertz CT molecular complexity index is 233. The number of aliphatic carboxylic acids is 1. The lowest BCUT2D eigenvalue weighted by atomic mass is 10.2. The van der Waals surface area contributed by atoms with Crippen LogP contribution in [0.5, 0.6) is 0 Å². The highest BCUT2D eigenvalue weighted by molar-refractivity contribution is 5.84. The van der Waals surface area contributed by atoms with Gasteiger partial charge in [0.25, 0.3) is 0 Å². The molecule has 0 spiro atoms. The molecule has 0 saturated heterocycles. The maximum atomic E-state index is 11.2. The van der Waals surface area contributed by atoms with Crippen molar-refractivity contribution in [3.8, 4) is 0 Å². The molecule has 0 rings (SSSR count). The first-order valence-corrected chi connectivity index (χ1v) is 4.53. The number of aliphatic hydroxyl groups is 1. The summed E-state index contributed by atoms with van der Waals surface area (Å²) < 4.78 is 5.13. The number of carboxylic acid groups (broad SMARTS) is 1. The van der Waals surface area contributed by atoms with Gasteiger partial charge in [0.2, 0.25) is 5.91 Å². The van der Waals surface area contributed by atoms with Gasteiger partial charge in [-0.3, -0.25) is 4.79 Å². The molecule has 0 unspecified atom stereocenters. The van der Waals surface area contributed by atoms with E-state index in [4.69, 9.17) is 14.9 Å². The lowest BCUT2D eigenvalue weighted by molar-refractivity contribution is -0.144. The lowest BCUT2D eigenvalue weighted by Gasteiger charge is -2.19. The molecule has 15 heavy (non-hydrogen) atoms. The number of hydrogen-bond donors (Lipinski definition) is 3. The molecule has 0 aromatic heterocycles. The van der Waals surface area contributed by atoms with E-state index in [2.05, 4.69) is 5.32 Å². The largest absolute Gasteiger partial charge is 0.480 e. The molecule has 1 atom stereocenters. The third-order valence-corrected chi connectivity index (χ3v) is 1.45. The molecule has 1 amide bonds. The molecule has 0 aliphatic rings. The van der Waals surface area contributed by atoms with E-state index in [1.54, 1.807) is 20.8 Å². The van der Waals surface area contributed by atoms with Crippen LogP contribution in [0.15, 0.2) is 0 Å². The van der Waals surface area contributed by atoms with Crippen molar-refractivity contribution in [1.82, 2.24) is 5.32 Å². The number of nitrogens with one attached hydrogen (secondary N) is 1. The fourth-order valence-electron chi connectivity index (χ4n) is 0.704. The number of rotatable bonds is 5. The predicted octanol–water partition coefficient (Wildman–Crippen LogP) is -0.637. The molecule has 0 aliphatic heterocycles. The lowest BCUT2D eigenvalue weighted by Crippen LogP contribution is -2.45. The number of carbonyl (C=O) groups excluding carboxylic acids is 1. The van der Waals surface area contributed by atoms with Crippen molar-refractivity contribution in [2.24, 2.45) is 0 Å². The van der Waals surface area contributed by atoms with Crippen LogP contribution in [-0.2, 0) is 14.3 Å². The first-order chi connectivity index (χ1) is 6.76. The van der Waals surface area contributed by atoms with Gasteiger partial charge in [0.1, 0.15) is 12.6 Å². The number of carboxylic acids is 1. The second-order valence-corrected chi connectivity index (χ2v) is 4.04. The van der Waals surface area contributed by atoms with E-state index in [1.807, 2.05) is 0 Å². The summed E-state index contributed by atoms with van der Waals surface area (Å²) in [6.45, 7) is 4.47. The standard InChI is InChI=1S/C9H17NO5/c1-9(2,3)15-5-7(12)10-6(4-11)8(13)14/h6,11H,4-5H2,1-3H3,(H,10,12)(H,13,14)/t6-/m0/s1. The van der Waals surface area contributed by atoms with Crippen molar-refractivity contribution in [2.75, 3.05) is 13.2 Å². The summed E-state index contributed by atoms with van der Waals surface area (Å²) >= 11 is 0. The Balaban J connectivity index is 3.98. The van der Waals surface area contributed by atoms with Crippen LogP contribution >= 0.6 is 0 Å². The van der Waals surface area contributed by atoms with Crippen molar-refractivity contribution >= 4 is 11.9 Å². The summed E-state index contributed by atoms with van der Waals surface area (Å²) in [5, 5.41) is 19.3. The number of amides is 1. The molecule has 3 N–H and O–H groups in total. The number of hydrogen-bond acceptors (Lipinski definition) is 4. The van der Waals surface area contributed by atoms with Gasteiger partial charge in [-0.2, -0.15) is 0 Å². The molecule has 0 fully saturated rings. The highest BCUT2D eigenvalue weighted by atomic mass is 16.5. The molecule has 88 valence electrons. The zero-order valence-corrected chi connectivity index (χ0v) is 9.11. The van der Waals surface area contributed by atoms with E-state index < -0.39 is 30.1 Å². The van der Waals surface area contributed by atoms with Crippen LogP contribution in [0.25, 0.3) is 0 Å². The molecule has 0 aliphatic carbocycles. The molecule has 0 radical (unpaired) electrons. The molecule has 0 heterocycles. The van der Waals surface area contributed by atoms with Gasteiger partial charge in [-0.15, -0.1) is 0 Å². The Morgan fingerprint density at radius 3 is 2.27 bits per heavy atom. The summed E-state index contributed by atoms with van der Waals surface area (Å²) in [7, 11) is 0. The highest BCUT2D eigenvalue weighted by Gasteiger charge is 2.20. The van der Waals surface area contributed by atoms with E-state index in [1.165, 1.54) is 0 Å². The van der Waals surface area contributed by atoms with Gasteiger partial charge in [-0.1, -0.05) is 0 Å². The van der Waals surface area contributed by atoms with E-state index in [0.717, 1.165) is 0 Å². The summed E-state index contributed by atoms with van der Waals surface area (Å²) in [6.07, 6.45) is 0. The SMILES string of the molecule is CC(C)(C)OCC(=O)N[C@@H](CO)C(=O)O. The molecule has 0 aromatic rings. The zero-order chi connectivity index (χ0) is 12.1. The number of aliphatic hydroxyl groups excluding tert-OH is 1. The van der Waals surface area contributed by atoms with Gasteiger partial charge in [0.05, 0.1) is 12.2 Å². The normalized spacial score (nSPS) is 13.3. The second kappa shape index (κ2) is 5.67. The average Bonchev–Trinajstić information content (AvgIpc) is 2.09. The minimum absolute atomic E-state index is 0.229. The molecule has 6 heteroatoms. The maximum absolute atomic E-state index is 11.2. The summed E-state index contributed by atoms with van der Waals surface area (Å²) in [4.78, 5) is 21.6. The first kappa shape index (κ1) is 13.9. The second-order valence-electron chi connectivity index (χ2n) is 4.04. The fourth-order valence-corrected chi connectivity index (χ4v) is 0.704. The minimum atomic E-state index is -1.28. The van der Waals surface area contributed by atoms with Crippen LogP contribution in [0, 0.1) is 0 Å².